The van der Waals surface area contributed by atoms with Crippen LogP contribution in [0, 0.1) is 13.8 Å². The molecule has 2 aromatic heterocycles. The van der Waals surface area contributed by atoms with Crippen LogP contribution < -0.4 is 15.5 Å². The molecule has 1 amide bonds. The highest BCUT2D eigenvalue weighted by Crippen LogP contribution is 2.23. The first-order valence-corrected chi connectivity index (χ1v) is 9.20. The van der Waals surface area contributed by atoms with Crippen molar-refractivity contribution in [1.82, 2.24) is 15.1 Å². The van der Waals surface area contributed by atoms with Gasteiger partial charge in [0.25, 0.3) is 5.91 Å². The van der Waals surface area contributed by atoms with Crippen LogP contribution in [-0.4, -0.2) is 34.1 Å². The van der Waals surface area contributed by atoms with E-state index in [9.17, 15) is 4.79 Å². The van der Waals surface area contributed by atoms with Crippen molar-refractivity contribution in [3.8, 4) is 0 Å². The van der Waals surface area contributed by atoms with Crippen LogP contribution in [0.15, 0.2) is 41.1 Å². The van der Waals surface area contributed by atoms with Gasteiger partial charge in [-0.3, -0.25) is 4.79 Å². The highest BCUT2D eigenvalue weighted by atomic mass is 16.5. The fourth-order valence-corrected chi connectivity index (χ4v) is 2.85. The van der Waals surface area contributed by atoms with Crippen molar-refractivity contribution in [1.29, 1.82) is 0 Å². The van der Waals surface area contributed by atoms with Gasteiger partial charge in [0.15, 0.2) is 5.82 Å². The number of hydrogen-bond donors (Lipinski definition) is 2. The van der Waals surface area contributed by atoms with Crippen LogP contribution in [0.5, 0.6) is 0 Å². The van der Waals surface area contributed by atoms with Gasteiger partial charge in [-0.2, -0.15) is 0 Å². The number of aromatic nitrogens is 3. The summed E-state index contributed by atoms with van der Waals surface area (Å²) in [4.78, 5) is 23.3. The topological polar surface area (TPSA) is 96.2 Å². The van der Waals surface area contributed by atoms with Gasteiger partial charge >= 0.3 is 0 Å². The highest BCUT2D eigenvalue weighted by Gasteiger charge is 2.12. The quantitative estimate of drug-likeness (QED) is 0.641. The number of rotatable bonds is 7. The van der Waals surface area contributed by atoms with E-state index >= 15 is 0 Å². The molecule has 8 heteroatoms. The lowest BCUT2D eigenvalue weighted by Crippen LogP contribution is -2.22. The second-order valence-corrected chi connectivity index (χ2v) is 6.34. The lowest BCUT2D eigenvalue weighted by Gasteiger charge is -2.22. The Morgan fingerprint density at radius 3 is 2.57 bits per heavy atom. The van der Waals surface area contributed by atoms with Gasteiger partial charge in [-0.15, -0.1) is 0 Å². The number of carbonyl (C=O) groups is 1. The van der Waals surface area contributed by atoms with Gasteiger partial charge in [0, 0.05) is 36.7 Å². The van der Waals surface area contributed by atoms with Crippen molar-refractivity contribution >= 4 is 29.0 Å². The molecule has 2 N–H and O–H groups in total. The molecular formula is C20H24N6O2. The molecular weight excluding hydrogens is 356 g/mol. The number of aryl methyl sites for hydroxylation is 2. The van der Waals surface area contributed by atoms with Crippen molar-refractivity contribution < 1.29 is 9.32 Å². The summed E-state index contributed by atoms with van der Waals surface area (Å²) < 4.78 is 5.00. The lowest BCUT2D eigenvalue weighted by molar-refractivity contribution is 0.102. The molecule has 146 valence electrons. The molecule has 28 heavy (non-hydrogen) atoms. The lowest BCUT2D eigenvalue weighted by atomic mass is 10.1. The average molecular weight is 380 g/mol. The predicted molar refractivity (Wildman–Crippen MR) is 109 cm³/mol. The smallest absolute Gasteiger partial charge is 0.274 e. The molecule has 0 saturated carbocycles. The molecule has 0 saturated heterocycles. The third-order valence-corrected chi connectivity index (χ3v) is 4.34. The average Bonchev–Trinajstić information content (AvgIpc) is 3.09. The minimum absolute atomic E-state index is 0.255. The maximum absolute atomic E-state index is 12.6. The second-order valence-electron chi connectivity index (χ2n) is 6.34. The minimum atomic E-state index is -0.305. The van der Waals surface area contributed by atoms with E-state index in [0.717, 1.165) is 30.0 Å². The Kier molecular flexibility index (Phi) is 5.88. The van der Waals surface area contributed by atoms with E-state index in [0.29, 0.717) is 11.6 Å². The van der Waals surface area contributed by atoms with Gasteiger partial charge in [0.05, 0.1) is 0 Å². The number of nitrogens with one attached hydrogen (secondary N) is 2. The summed E-state index contributed by atoms with van der Waals surface area (Å²) in [5.74, 6) is 1.12. The summed E-state index contributed by atoms with van der Waals surface area (Å²) in [5.41, 5.74) is 3.13. The molecule has 0 bridgehead atoms. The first-order valence-electron chi connectivity index (χ1n) is 9.20. The summed E-state index contributed by atoms with van der Waals surface area (Å²) in [6.45, 7) is 9.87. The molecule has 1 aromatic carbocycles. The first-order chi connectivity index (χ1) is 13.5. The van der Waals surface area contributed by atoms with Gasteiger partial charge in [0.2, 0.25) is 5.95 Å². The van der Waals surface area contributed by atoms with E-state index in [1.165, 1.54) is 6.20 Å². The Labute approximate surface area is 164 Å². The third kappa shape index (κ3) is 4.46. The Balaban J connectivity index is 1.73. The fourth-order valence-electron chi connectivity index (χ4n) is 2.85. The monoisotopic (exact) mass is 380 g/mol. The Bertz CT molecular complexity index is 965. The first kappa shape index (κ1) is 19.3. The van der Waals surface area contributed by atoms with Crippen molar-refractivity contribution in [3.63, 3.8) is 0 Å². The molecule has 0 aliphatic carbocycles. The molecule has 2 heterocycles. The molecule has 0 atom stereocenters. The van der Waals surface area contributed by atoms with Gasteiger partial charge in [-0.05, 0) is 57.5 Å². The summed E-state index contributed by atoms with van der Waals surface area (Å²) >= 11 is 0. The van der Waals surface area contributed by atoms with Crippen LogP contribution in [0.3, 0.4) is 0 Å². The highest BCUT2D eigenvalue weighted by molar-refractivity contribution is 6.03. The van der Waals surface area contributed by atoms with Crippen LogP contribution >= 0.6 is 0 Å². The van der Waals surface area contributed by atoms with Gasteiger partial charge in [0.1, 0.15) is 11.5 Å². The third-order valence-electron chi connectivity index (χ3n) is 4.34. The predicted octanol–water partition coefficient (Wildman–Crippen LogP) is 3.92. The van der Waals surface area contributed by atoms with Crippen molar-refractivity contribution in [2.45, 2.75) is 27.7 Å². The zero-order valence-corrected chi connectivity index (χ0v) is 16.5. The fraction of sp³-hybridized carbons (Fsp3) is 0.300. The van der Waals surface area contributed by atoms with E-state index in [1.807, 2.05) is 19.1 Å². The van der Waals surface area contributed by atoms with E-state index in [1.54, 1.807) is 19.1 Å². The molecule has 0 aliphatic heterocycles. The van der Waals surface area contributed by atoms with Crippen LogP contribution in [0.25, 0.3) is 0 Å². The standard InChI is InChI=1S/C20H24N6O2/c1-5-26(6-2)15-7-8-16(13(3)11-15)22-19(27)17-9-10-21-20(23-17)24-18-12-14(4)28-25-18/h7-12H,5-6H2,1-4H3,(H,22,27)(H,21,23,24,25). The van der Waals surface area contributed by atoms with Crippen molar-refractivity contribution in [2.75, 3.05) is 28.6 Å². The summed E-state index contributed by atoms with van der Waals surface area (Å²) in [6.07, 6.45) is 1.52. The SMILES string of the molecule is CCN(CC)c1ccc(NC(=O)c2ccnc(Nc3cc(C)on3)n2)c(C)c1. The molecule has 8 nitrogen and oxygen atoms in total. The Morgan fingerprint density at radius 1 is 1.14 bits per heavy atom. The zero-order chi connectivity index (χ0) is 20.1. The van der Waals surface area contributed by atoms with E-state index < -0.39 is 0 Å². The van der Waals surface area contributed by atoms with E-state index in [4.69, 9.17) is 4.52 Å². The zero-order valence-electron chi connectivity index (χ0n) is 16.5. The Morgan fingerprint density at radius 2 is 1.93 bits per heavy atom. The molecule has 3 aromatic rings. The number of hydrogen-bond acceptors (Lipinski definition) is 7. The number of anilines is 4. The summed E-state index contributed by atoms with van der Waals surface area (Å²) in [6, 6.07) is 9.28. The number of amides is 1. The van der Waals surface area contributed by atoms with E-state index in [2.05, 4.69) is 50.6 Å². The van der Waals surface area contributed by atoms with Crippen LogP contribution in [0.1, 0.15) is 35.7 Å². The van der Waals surface area contributed by atoms with Gasteiger partial charge in [-0.1, -0.05) is 5.16 Å². The van der Waals surface area contributed by atoms with E-state index in [-0.39, 0.29) is 17.5 Å². The molecule has 3 rings (SSSR count). The number of nitrogens with zero attached hydrogens (tertiary/aromatic N) is 4. The number of benzene rings is 1. The largest absolute Gasteiger partial charge is 0.372 e. The maximum Gasteiger partial charge on any atom is 0.274 e. The molecule has 0 radical (unpaired) electrons. The van der Waals surface area contributed by atoms with Gasteiger partial charge in [-0.25, -0.2) is 9.97 Å². The van der Waals surface area contributed by atoms with Crippen molar-refractivity contribution in [3.05, 3.63) is 53.5 Å². The number of carbonyl (C=O) groups excluding carboxylic acids is 1. The van der Waals surface area contributed by atoms with Crippen LogP contribution in [0.4, 0.5) is 23.1 Å². The Hall–Kier alpha value is -3.42. The molecule has 0 aliphatic rings. The van der Waals surface area contributed by atoms with Crippen molar-refractivity contribution in [2.24, 2.45) is 0 Å². The van der Waals surface area contributed by atoms with Gasteiger partial charge < -0.3 is 20.1 Å². The van der Waals surface area contributed by atoms with Crippen LogP contribution in [0.2, 0.25) is 0 Å². The molecule has 0 spiro atoms. The summed E-state index contributed by atoms with van der Waals surface area (Å²) in [7, 11) is 0. The molecule has 0 unspecified atom stereocenters. The second kappa shape index (κ2) is 8.51. The van der Waals surface area contributed by atoms with Crippen LogP contribution in [-0.2, 0) is 0 Å². The summed E-state index contributed by atoms with van der Waals surface area (Å²) in [5, 5.41) is 9.66. The molecule has 0 fully saturated rings. The minimum Gasteiger partial charge on any atom is -0.372 e. The maximum atomic E-state index is 12.6. The normalized spacial score (nSPS) is 10.6.